The van der Waals surface area contributed by atoms with Gasteiger partial charge in [0.2, 0.25) is 0 Å². The minimum atomic E-state index is -0.233. The van der Waals surface area contributed by atoms with Crippen LogP contribution in [0.2, 0.25) is 5.02 Å². The van der Waals surface area contributed by atoms with Gasteiger partial charge in [-0.05, 0) is 36.2 Å². The monoisotopic (exact) mass is 448 g/mol. The van der Waals surface area contributed by atoms with Gasteiger partial charge in [0.25, 0.3) is 5.91 Å². The smallest absolute Gasteiger partial charge is 0.267 e. The molecule has 31 heavy (non-hydrogen) atoms. The molecule has 1 amide bonds. The molecule has 0 spiro atoms. The largest absolute Gasteiger partial charge is 0.272 e. The van der Waals surface area contributed by atoms with Crippen molar-refractivity contribution in [1.82, 2.24) is 15.2 Å². The summed E-state index contributed by atoms with van der Waals surface area (Å²) in [6, 6.07) is 19.2. The van der Waals surface area contributed by atoms with Gasteiger partial charge in [0.15, 0.2) is 0 Å². The van der Waals surface area contributed by atoms with Crippen LogP contribution in [0.3, 0.4) is 0 Å². The topological polar surface area (TPSA) is 59.3 Å². The molecule has 4 rings (SSSR count). The van der Waals surface area contributed by atoms with Gasteiger partial charge in [0.05, 0.1) is 17.5 Å². The highest BCUT2D eigenvalue weighted by atomic mass is 35.5. The molecule has 156 valence electrons. The number of amides is 1. The van der Waals surface area contributed by atoms with Gasteiger partial charge >= 0.3 is 0 Å². The minimum Gasteiger partial charge on any atom is -0.267 e. The van der Waals surface area contributed by atoms with Crippen LogP contribution < -0.4 is 5.43 Å². The molecule has 4 aromatic rings. The van der Waals surface area contributed by atoms with Gasteiger partial charge in [-0.2, -0.15) is 10.2 Å². The maximum absolute atomic E-state index is 12.4. The summed E-state index contributed by atoms with van der Waals surface area (Å²) >= 11 is 7.62. The highest BCUT2D eigenvalue weighted by Crippen LogP contribution is 2.25. The standard InChI is InChI=1S/C24H21ClN4OS/c1-16(2)22-12-18(15-31-22)24(30)27-26-13-19-14-29(21-6-4-3-5-7-21)28-23(19)17-8-10-20(25)11-9-17/h3-16H,1-2H3,(H,27,30)/b26-13+. The van der Waals surface area contributed by atoms with E-state index in [0.29, 0.717) is 16.5 Å². The number of thiophene rings is 1. The predicted molar refractivity (Wildman–Crippen MR) is 127 cm³/mol. The molecule has 2 heterocycles. The van der Waals surface area contributed by atoms with Crippen LogP contribution in [-0.2, 0) is 0 Å². The molecular formula is C24H21ClN4OS. The maximum atomic E-state index is 12.4. The van der Waals surface area contributed by atoms with Crippen LogP contribution in [0.5, 0.6) is 0 Å². The van der Waals surface area contributed by atoms with Crippen molar-refractivity contribution < 1.29 is 4.79 Å². The molecule has 2 aromatic carbocycles. The van der Waals surface area contributed by atoms with Gasteiger partial charge in [-0.3, -0.25) is 4.79 Å². The van der Waals surface area contributed by atoms with Gasteiger partial charge in [0.1, 0.15) is 5.69 Å². The van der Waals surface area contributed by atoms with Crippen molar-refractivity contribution in [2.24, 2.45) is 5.10 Å². The van der Waals surface area contributed by atoms with Gasteiger partial charge in [0, 0.05) is 32.6 Å². The molecular weight excluding hydrogens is 428 g/mol. The van der Waals surface area contributed by atoms with Crippen LogP contribution >= 0.6 is 22.9 Å². The average Bonchev–Trinajstić information content (AvgIpc) is 3.43. The Morgan fingerprint density at radius 2 is 1.90 bits per heavy atom. The Labute approximate surface area is 190 Å². The summed E-state index contributed by atoms with van der Waals surface area (Å²) in [5.74, 6) is 0.156. The summed E-state index contributed by atoms with van der Waals surface area (Å²) in [6.07, 6.45) is 3.50. The van der Waals surface area contributed by atoms with Crippen LogP contribution in [0.1, 0.15) is 40.6 Å². The van der Waals surface area contributed by atoms with Crippen LogP contribution in [0.15, 0.2) is 77.3 Å². The Morgan fingerprint density at radius 3 is 2.58 bits per heavy atom. The van der Waals surface area contributed by atoms with E-state index < -0.39 is 0 Å². The van der Waals surface area contributed by atoms with Crippen molar-refractivity contribution in [3.05, 3.63) is 93.3 Å². The van der Waals surface area contributed by atoms with E-state index >= 15 is 0 Å². The SMILES string of the molecule is CC(C)c1cc(C(=O)N/N=C/c2cn(-c3ccccc3)nc2-c2ccc(Cl)cc2)cs1. The molecule has 0 aliphatic heterocycles. The van der Waals surface area contributed by atoms with Crippen molar-refractivity contribution in [1.29, 1.82) is 0 Å². The Kier molecular flexibility index (Phi) is 6.30. The zero-order valence-corrected chi connectivity index (χ0v) is 18.7. The van der Waals surface area contributed by atoms with Gasteiger partial charge in [-0.25, -0.2) is 10.1 Å². The number of para-hydroxylation sites is 1. The Balaban J connectivity index is 1.60. The Bertz CT molecular complexity index is 1210. The van der Waals surface area contributed by atoms with Crippen molar-refractivity contribution in [3.8, 4) is 16.9 Å². The second-order valence-corrected chi connectivity index (χ2v) is 8.69. The molecule has 0 atom stereocenters. The highest BCUT2D eigenvalue weighted by molar-refractivity contribution is 7.10. The van der Waals surface area contributed by atoms with E-state index in [1.54, 1.807) is 22.2 Å². The summed E-state index contributed by atoms with van der Waals surface area (Å²) in [6.45, 7) is 4.21. The third kappa shape index (κ3) is 4.93. The number of nitrogens with zero attached hydrogens (tertiary/aromatic N) is 3. The number of rotatable bonds is 6. The van der Waals surface area contributed by atoms with Crippen molar-refractivity contribution in [2.45, 2.75) is 19.8 Å². The predicted octanol–water partition coefficient (Wildman–Crippen LogP) is 6.14. The van der Waals surface area contributed by atoms with Crippen molar-refractivity contribution in [3.63, 3.8) is 0 Å². The number of hydrogen-bond acceptors (Lipinski definition) is 4. The lowest BCUT2D eigenvalue weighted by atomic mass is 10.1. The molecule has 0 aliphatic rings. The molecule has 0 bridgehead atoms. The first kappa shape index (κ1) is 21.0. The lowest BCUT2D eigenvalue weighted by Crippen LogP contribution is -2.16. The molecule has 0 aliphatic carbocycles. The molecule has 0 saturated heterocycles. The number of halogens is 1. The summed E-state index contributed by atoms with van der Waals surface area (Å²) in [4.78, 5) is 13.6. The van der Waals surface area contributed by atoms with E-state index in [1.165, 1.54) is 4.88 Å². The van der Waals surface area contributed by atoms with Crippen LogP contribution in [-0.4, -0.2) is 21.9 Å². The number of benzene rings is 2. The lowest BCUT2D eigenvalue weighted by Gasteiger charge is -2.01. The summed E-state index contributed by atoms with van der Waals surface area (Å²) in [5.41, 5.74) is 6.59. The fourth-order valence-corrected chi connectivity index (χ4v) is 4.06. The minimum absolute atomic E-state index is 0.233. The number of hydrazone groups is 1. The van der Waals surface area contributed by atoms with E-state index in [4.69, 9.17) is 16.7 Å². The normalized spacial score (nSPS) is 11.4. The third-order valence-corrected chi connectivity index (χ3v) is 6.19. The number of nitrogens with one attached hydrogen (secondary N) is 1. The van der Waals surface area contributed by atoms with Gasteiger partial charge in [-0.1, -0.05) is 55.8 Å². The molecule has 0 saturated carbocycles. The highest BCUT2D eigenvalue weighted by Gasteiger charge is 2.12. The number of carbonyl (C=O) groups excluding carboxylic acids is 1. The first-order valence-corrected chi connectivity index (χ1v) is 11.1. The second-order valence-electron chi connectivity index (χ2n) is 7.31. The first-order chi connectivity index (χ1) is 15.0. The molecule has 2 aromatic heterocycles. The maximum Gasteiger partial charge on any atom is 0.272 e. The Hall–Kier alpha value is -3.22. The molecule has 0 radical (unpaired) electrons. The summed E-state index contributed by atoms with van der Waals surface area (Å²) in [5, 5.41) is 11.4. The number of carbonyl (C=O) groups is 1. The van der Waals surface area contributed by atoms with Gasteiger partial charge < -0.3 is 0 Å². The average molecular weight is 449 g/mol. The summed E-state index contributed by atoms with van der Waals surface area (Å²) < 4.78 is 1.79. The number of hydrogen-bond donors (Lipinski definition) is 1. The van der Waals surface area contributed by atoms with E-state index in [9.17, 15) is 4.79 Å². The Morgan fingerprint density at radius 1 is 1.16 bits per heavy atom. The van der Waals surface area contributed by atoms with Crippen LogP contribution in [0.25, 0.3) is 16.9 Å². The zero-order chi connectivity index (χ0) is 21.8. The van der Waals surface area contributed by atoms with E-state index in [0.717, 1.165) is 22.5 Å². The van der Waals surface area contributed by atoms with Crippen LogP contribution in [0, 0.1) is 0 Å². The fraction of sp³-hybridized carbons (Fsp3) is 0.125. The van der Waals surface area contributed by atoms with Crippen LogP contribution in [0.4, 0.5) is 0 Å². The first-order valence-electron chi connectivity index (χ1n) is 9.84. The number of aromatic nitrogens is 2. The van der Waals surface area contributed by atoms with Crippen molar-refractivity contribution >= 4 is 35.1 Å². The fourth-order valence-electron chi connectivity index (χ4n) is 3.03. The van der Waals surface area contributed by atoms with E-state index in [2.05, 4.69) is 24.4 Å². The molecule has 0 unspecified atom stereocenters. The molecule has 1 N–H and O–H groups in total. The summed E-state index contributed by atoms with van der Waals surface area (Å²) in [7, 11) is 0. The third-order valence-electron chi connectivity index (χ3n) is 4.70. The lowest BCUT2D eigenvalue weighted by molar-refractivity contribution is 0.0955. The van der Waals surface area contributed by atoms with E-state index in [1.807, 2.05) is 72.2 Å². The molecule has 7 heteroatoms. The van der Waals surface area contributed by atoms with E-state index in [-0.39, 0.29) is 5.91 Å². The van der Waals surface area contributed by atoms with Gasteiger partial charge in [-0.15, -0.1) is 11.3 Å². The second kappa shape index (κ2) is 9.29. The quantitative estimate of drug-likeness (QED) is 0.284. The molecule has 0 fully saturated rings. The molecule has 5 nitrogen and oxygen atoms in total. The van der Waals surface area contributed by atoms with Crippen molar-refractivity contribution in [2.75, 3.05) is 0 Å². The zero-order valence-electron chi connectivity index (χ0n) is 17.1.